The summed E-state index contributed by atoms with van der Waals surface area (Å²) in [6, 6.07) is 0.547. The van der Waals surface area contributed by atoms with Crippen molar-refractivity contribution in [1.29, 1.82) is 0 Å². The van der Waals surface area contributed by atoms with E-state index in [9.17, 15) is 0 Å². The lowest BCUT2D eigenvalue weighted by molar-refractivity contribution is 0.641. The van der Waals surface area contributed by atoms with Crippen LogP contribution in [0.1, 0.15) is 24.4 Å². The number of aromatic nitrogens is 2. The molecule has 3 nitrogen and oxygen atoms in total. The average molecular weight is 277 g/mol. The summed E-state index contributed by atoms with van der Waals surface area (Å²) in [4.78, 5) is 0. The van der Waals surface area contributed by atoms with Crippen LogP contribution in [-0.2, 0) is 7.05 Å². The second-order valence-electron chi connectivity index (χ2n) is 3.16. The Bertz CT molecular complexity index is 276. The summed E-state index contributed by atoms with van der Waals surface area (Å²) < 4.78 is 3.18. The van der Waals surface area contributed by atoms with Gasteiger partial charge in [0.15, 0.2) is 0 Å². The first-order valence-electron chi connectivity index (χ1n) is 4.20. The molecule has 1 N–H and O–H groups in total. The molecule has 2 heterocycles. The molecule has 2 rings (SSSR count). The second kappa shape index (κ2) is 3.33. The lowest BCUT2D eigenvalue weighted by Crippen LogP contribution is -2.13. The van der Waals surface area contributed by atoms with Crippen LogP contribution >= 0.6 is 22.6 Å². The Morgan fingerprint density at radius 3 is 3.08 bits per heavy atom. The normalized spacial score (nSPS) is 23.3. The van der Waals surface area contributed by atoms with Crippen LogP contribution in [0.2, 0.25) is 0 Å². The summed E-state index contributed by atoms with van der Waals surface area (Å²) in [5, 5.41) is 7.70. The van der Waals surface area contributed by atoms with Crippen LogP contribution in [0.5, 0.6) is 0 Å². The third kappa shape index (κ3) is 1.37. The maximum atomic E-state index is 4.23. The molecule has 0 saturated carbocycles. The van der Waals surface area contributed by atoms with Crippen molar-refractivity contribution in [2.24, 2.45) is 7.05 Å². The molecule has 0 aliphatic carbocycles. The highest BCUT2D eigenvalue weighted by molar-refractivity contribution is 14.1. The fourth-order valence-electron chi connectivity index (χ4n) is 1.62. The number of hydrogen-bond acceptors (Lipinski definition) is 2. The summed E-state index contributed by atoms with van der Waals surface area (Å²) >= 11 is 2.35. The molecule has 1 aromatic rings. The van der Waals surface area contributed by atoms with Gasteiger partial charge in [0.05, 0.1) is 6.20 Å². The van der Waals surface area contributed by atoms with Gasteiger partial charge < -0.3 is 5.32 Å². The van der Waals surface area contributed by atoms with Gasteiger partial charge in [-0.2, -0.15) is 5.10 Å². The first-order valence-corrected chi connectivity index (χ1v) is 5.27. The van der Waals surface area contributed by atoms with Crippen molar-refractivity contribution in [1.82, 2.24) is 15.1 Å². The van der Waals surface area contributed by atoms with E-state index in [-0.39, 0.29) is 0 Å². The Morgan fingerprint density at radius 2 is 2.58 bits per heavy atom. The zero-order chi connectivity index (χ0) is 8.55. The lowest BCUT2D eigenvalue weighted by Gasteiger charge is -2.07. The van der Waals surface area contributed by atoms with Crippen LogP contribution in [0.3, 0.4) is 0 Å². The molecular formula is C8H12IN3. The van der Waals surface area contributed by atoms with Crippen LogP contribution in [0, 0.1) is 3.70 Å². The van der Waals surface area contributed by atoms with Gasteiger partial charge in [0.1, 0.15) is 3.70 Å². The predicted octanol–water partition coefficient (Wildman–Crippen LogP) is 1.45. The molecule has 4 heteroatoms. The molecule has 0 aromatic carbocycles. The van der Waals surface area contributed by atoms with Gasteiger partial charge in [-0.05, 0) is 42.0 Å². The highest BCUT2D eigenvalue weighted by atomic mass is 127. The molecule has 0 spiro atoms. The SMILES string of the molecule is Cn1ncc(C2CCCN2)c1I. The van der Waals surface area contributed by atoms with E-state index >= 15 is 0 Å². The summed E-state index contributed by atoms with van der Waals surface area (Å²) in [7, 11) is 1.99. The largest absolute Gasteiger partial charge is 0.310 e. The van der Waals surface area contributed by atoms with Crippen LogP contribution in [0.25, 0.3) is 0 Å². The third-order valence-electron chi connectivity index (χ3n) is 2.33. The van der Waals surface area contributed by atoms with Crippen molar-refractivity contribution in [2.75, 3.05) is 6.54 Å². The van der Waals surface area contributed by atoms with Crippen LogP contribution in [0.4, 0.5) is 0 Å². The molecular weight excluding hydrogens is 265 g/mol. The molecule has 0 amide bonds. The standard InChI is InChI=1S/C8H12IN3/c1-12-8(9)6(5-11-12)7-3-2-4-10-7/h5,7,10H,2-4H2,1H3. The van der Waals surface area contributed by atoms with Crippen molar-refractivity contribution in [2.45, 2.75) is 18.9 Å². The fourth-order valence-corrected chi connectivity index (χ4v) is 2.26. The van der Waals surface area contributed by atoms with Crippen molar-refractivity contribution < 1.29 is 0 Å². The maximum Gasteiger partial charge on any atom is 0.103 e. The van der Waals surface area contributed by atoms with Crippen molar-refractivity contribution in [3.63, 3.8) is 0 Å². The number of halogens is 1. The average Bonchev–Trinajstić information content (AvgIpc) is 2.64. The minimum Gasteiger partial charge on any atom is -0.310 e. The van der Waals surface area contributed by atoms with Gasteiger partial charge in [0.25, 0.3) is 0 Å². The summed E-state index contributed by atoms with van der Waals surface area (Å²) in [5.74, 6) is 0. The smallest absolute Gasteiger partial charge is 0.103 e. The number of rotatable bonds is 1. The van der Waals surface area contributed by atoms with Gasteiger partial charge in [-0.1, -0.05) is 0 Å². The number of nitrogens with zero attached hydrogens (tertiary/aromatic N) is 2. The van der Waals surface area contributed by atoms with Gasteiger partial charge >= 0.3 is 0 Å². The third-order valence-corrected chi connectivity index (χ3v) is 3.65. The maximum absolute atomic E-state index is 4.23. The fraction of sp³-hybridized carbons (Fsp3) is 0.625. The van der Waals surface area contributed by atoms with Gasteiger partial charge in [0.2, 0.25) is 0 Å². The quantitative estimate of drug-likeness (QED) is 0.787. The summed E-state index contributed by atoms with van der Waals surface area (Å²) in [6.07, 6.45) is 4.52. The van der Waals surface area contributed by atoms with Gasteiger partial charge in [-0.25, -0.2) is 0 Å². The molecule has 1 aromatic heterocycles. The predicted molar refractivity (Wildman–Crippen MR) is 55.9 cm³/mol. The summed E-state index contributed by atoms with van der Waals surface area (Å²) in [6.45, 7) is 1.15. The molecule has 1 aliphatic rings. The number of nitrogens with one attached hydrogen (secondary N) is 1. The first kappa shape index (κ1) is 8.50. The van der Waals surface area contributed by atoms with E-state index in [2.05, 4.69) is 33.0 Å². The van der Waals surface area contributed by atoms with Crippen molar-refractivity contribution >= 4 is 22.6 Å². The van der Waals surface area contributed by atoms with E-state index in [4.69, 9.17) is 0 Å². The van der Waals surface area contributed by atoms with Gasteiger partial charge in [0, 0.05) is 18.7 Å². The Balaban J connectivity index is 2.26. The summed E-state index contributed by atoms with van der Waals surface area (Å²) in [5.41, 5.74) is 1.36. The Labute approximate surface area is 85.7 Å². The van der Waals surface area contributed by atoms with E-state index in [1.54, 1.807) is 0 Å². The Kier molecular flexibility index (Phi) is 2.36. The van der Waals surface area contributed by atoms with E-state index in [0.717, 1.165) is 6.54 Å². The zero-order valence-corrected chi connectivity index (χ0v) is 9.21. The number of hydrogen-bond donors (Lipinski definition) is 1. The van der Waals surface area contributed by atoms with E-state index < -0.39 is 0 Å². The van der Waals surface area contributed by atoms with Crippen molar-refractivity contribution in [3.8, 4) is 0 Å². The van der Waals surface area contributed by atoms with Crippen LogP contribution in [0.15, 0.2) is 6.20 Å². The minimum atomic E-state index is 0.547. The first-order chi connectivity index (χ1) is 5.79. The van der Waals surface area contributed by atoms with Crippen molar-refractivity contribution in [3.05, 3.63) is 15.5 Å². The molecule has 1 atom stereocenters. The minimum absolute atomic E-state index is 0.547. The molecule has 0 radical (unpaired) electrons. The number of aryl methyl sites for hydroxylation is 1. The van der Waals surface area contributed by atoms with Crippen LogP contribution < -0.4 is 5.32 Å². The van der Waals surface area contributed by atoms with Crippen LogP contribution in [-0.4, -0.2) is 16.3 Å². The van der Waals surface area contributed by atoms with E-state index in [0.29, 0.717) is 6.04 Å². The molecule has 66 valence electrons. The molecule has 1 fully saturated rings. The highest BCUT2D eigenvalue weighted by Crippen LogP contribution is 2.26. The topological polar surface area (TPSA) is 29.9 Å². The zero-order valence-electron chi connectivity index (χ0n) is 7.05. The molecule has 1 aliphatic heterocycles. The highest BCUT2D eigenvalue weighted by Gasteiger charge is 2.20. The van der Waals surface area contributed by atoms with E-state index in [1.807, 2.05) is 17.9 Å². The second-order valence-corrected chi connectivity index (χ2v) is 4.19. The van der Waals surface area contributed by atoms with Gasteiger partial charge in [-0.15, -0.1) is 0 Å². The molecule has 1 saturated heterocycles. The molecule has 12 heavy (non-hydrogen) atoms. The monoisotopic (exact) mass is 277 g/mol. The molecule has 0 bridgehead atoms. The van der Waals surface area contributed by atoms with Gasteiger partial charge in [-0.3, -0.25) is 4.68 Å². The Hall–Kier alpha value is -0.100. The van der Waals surface area contributed by atoms with E-state index in [1.165, 1.54) is 22.1 Å². The lowest BCUT2D eigenvalue weighted by atomic mass is 10.1. The molecule has 1 unspecified atom stereocenters. The Morgan fingerprint density at radius 1 is 1.75 bits per heavy atom.